The normalized spacial score (nSPS) is 30.3. The van der Waals surface area contributed by atoms with Gasteiger partial charge in [-0.2, -0.15) is 0 Å². The zero-order valence-electron chi connectivity index (χ0n) is 12.2. The first-order valence-electron chi connectivity index (χ1n) is 7.16. The molecule has 0 aliphatic carbocycles. The van der Waals surface area contributed by atoms with Crippen molar-refractivity contribution in [2.24, 2.45) is 5.41 Å². The number of aliphatic hydroxyl groups is 1. The third kappa shape index (κ3) is 3.55. The standard InChI is InChI=1S/C13H22N2O5S/c1-21(19,20)8-4-11(17)15-7-3-10(16)13(9-15)5-2-6-14-12(13)18/h10,16H,2-9H2,1H3,(H,14,18)/t10-,13-/m1/s1. The molecule has 1 spiro atoms. The van der Waals surface area contributed by atoms with Gasteiger partial charge in [0, 0.05) is 32.3 Å². The molecule has 0 unspecified atom stereocenters. The molecule has 2 saturated heterocycles. The number of likely N-dealkylation sites (tertiary alicyclic amines) is 1. The lowest BCUT2D eigenvalue weighted by molar-refractivity contribution is -0.154. The van der Waals surface area contributed by atoms with Crippen LogP contribution in [0.2, 0.25) is 0 Å². The van der Waals surface area contributed by atoms with Crippen LogP contribution < -0.4 is 5.32 Å². The van der Waals surface area contributed by atoms with E-state index in [1.54, 1.807) is 0 Å². The Bertz CT molecular complexity index is 533. The molecule has 0 aromatic carbocycles. The number of amides is 2. The van der Waals surface area contributed by atoms with Crippen LogP contribution in [0.5, 0.6) is 0 Å². The Morgan fingerprint density at radius 2 is 2.24 bits per heavy atom. The van der Waals surface area contributed by atoms with Gasteiger partial charge in [-0.3, -0.25) is 9.59 Å². The molecular weight excluding hydrogens is 296 g/mol. The molecule has 0 radical (unpaired) electrons. The maximum atomic E-state index is 12.2. The van der Waals surface area contributed by atoms with Crippen molar-refractivity contribution in [2.45, 2.75) is 31.8 Å². The topological polar surface area (TPSA) is 104 Å². The van der Waals surface area contributed by atoms with Gasteiger partial charge in [-0.15, -0.1) is 0 Å². The van der Waals surface area contributed by atoms with E-state index in [2.05, 4.69) is 5.32 Å². The fraction of sp³-hybridized carbons (Fsp3) is 0.846. The highest BCUT2D eigenvalue weighted by Crippen LogP contribution is 2.37. The molecule has 0 aromatic rings. The molecule has 2 fully saturated rings. The first-order valence-corrected chi connectivity index (χ1v) is 9.22. The number of hydrogen-bond donors (Lipinski definition) is 2. The van der Waals surface area contributed by atoms with Gasteiger partial charge in [0.2, 0.25) is 11.8 Å². The molecule has 0 aromatic heterocycles. The lowest BCUT2D eigenvalue weighted by Gasteiger charge is -2.46. The molecule has 2 aliphatic rings. The molecule has 120 valence electrons. The van der Waals surface area contributed by atoms with Gasteiger partial charge in [-0.1, -0.05) is 0 Å². The number of hydrogen-bond acceptors (Lipinski definition) is 5. The highest BCUT2D eigenvalue weighted by Gasteiger charge is 2.50. The third-order valence-corrected chi connectivity index (χ3v) is 5.31. The van der Waals surface area contributed by atoms with E-state index in [0.29, 0.717) is 25.9 Å². The van der Waals surface area contributed by atoms with Gasteiger partial charge in [-0.25, -0.2) is 8.42 Å². The smallest absolute Gasteiger partial charge is 0.230 e. The SMILES string of the molecule is CS(=O)(=O)CCC(=O)N1CC[C@@H](O)[C@@]2(CCCNC2=O)C1. The molecule has 2 amide bonds. The summed E-state index contributed by atoms with van der Waals surface area (Å²) in [6, 6.07) is 0. The zero-order chi connectivity index (χ0) is 15.7. The second-order valence-electron chi connectivity index (χ2n) is 6.02. The van der Waals surface area contributed by atoms with Gasteiger partial charge >= 0.3 is 0 Å². The van der Waals surface area contributed by atoms with Crippen molar-refractivity contribution < 1.29 is 23.1 Å². The van der Waals surface area contributed by atoms with E-state index in [1.165, 1.54) is 4.90 Å². The van der Waals surface area contributed by atoms with Crippen LogP contribution in [-0.4, -0.2) is 68.0 Å². The highest BCUT2D eigenvalue weighted by atomic mass is 32.2. The van der Waals surface area contributed by atoms with Gasteiger partial charge in [0.1, 0.15) is 9.84 Å². The molecule has 21 heavy (non-hydrogen) atoms. The first-order chi connectivity index (χ1) is 9.74. The van der Waals surface area contributed by atoms with Crippen molar-refractivity contribution in [1.82, 2.24) is 10.2 Å². The minimum Gasteiger partial charge on any atom is -0.392 e. The van der Waals surface area contributed by atoms with E-state index in [9.17, 15) is 23.1 Å². The number of carbonyl (C=O) groups is 2. The van der Waals surface area contributed by atoms with Gasteiger partial charge in [0.15, 0.2) is 0 Å². The number of nitrogens with one attached hydrogen (secondary N) is 1. The summed E-state index contributed by atoms with van der Waals surface area (Å²) < 4.78 is 22.3. The Hall–Kier alpha value is -1.15. The third-order valence-electron chi connectivity index (χ3n) is 4.36. The number of nitrogens with zero attached hydrogens (tertiary/aromatic N) is 1. The van der Waals surface area contributed by atoms with Crippen LogP contribution in [0.4, 0.5) is 0 Å². The summed E-state index contributed by atoms with van der Waals surface area (Å²) in [6.45, 7) is 1.12. The number of piperidine rings is 2. The van der Waals surface area contributed by atoms with Gasteiger partial charge in [0.25, 0.3) is 0 Å². The van der Waals surface area contributed by atoms with E-state index in [-0.39, 0.29) is 30.5 Å². The summed E-state index contributed by atoms with van der Waals surface area (Å²) in [7, 11) is -3.19. The molecule has 2 aliphatic heterocycles. The van der Waals surface area contributed by atoms with E-state index < -0.39 is 21.4 Å². The van der Waals surface area contributed by atoms with Crippen LogP contribution in [0.15, 0.2) is 0 Å². The quantitative estimate of drug-likeness (QED) is 0.688. The van der Waals surface area contributed by atoms with Crippen molar-refractivity contribution in [3.63, 3.8) is 0 Å². The Morgan fingerprint density at radius 1 is 1.52 bits per heavy atom. The predicted octanol–water partition coefficient (Wildman–Crippen LogP) is -1.09. The molecule has 2 rings (SSSR count). The lowest BCUT2D eigenvalue weighted by atomic mass is 9.71. The van der Waals surface area contributed by atoms with Crippen LogP contribution in [0.1, 0.15) is 25.7 Å². The molecule has 2 N–H and O–H groups in total. The van der Waals surface area contributed by atoms with E-state index in [4.69, 9.17) is 0 Å². The van der Waals surface area contributed by atoms with E-state index in [1.807, 2.05) is 0 Å². The highest BCUT2D eigenvalue weighted by molar-refractivity contribution is 7.90. The second kappa shape index (κ2) is 5.92. The van der Waals surface area contributed by atoms with Gasteiger partial charge in [-0.05, 0) is 19.3 Å². The number of aliphatic hydroxyl groups excluding tert-OH is 1. The summed E-state index contributed by atoms with van der Waals surface area (Å²) in [5, 5.41) is 13.0. The van der Waals surface area contributed by atoms with E-state index in [0.717, 1.165) is 12.7 Å². The van der Waals surface area contributed by atoms with Crippen molar-refractivity contribution in [3.8, 4) is 0 Å². The van der Waals surface area contributed by atoms with Crippen LogP contribution in [0.3, 0.4) is 0 Å². The average Bonchev–Trinajstić information content (AvgIpc) is 2.41. The monoisotopic (exact) mass is 318 g/mol. The minimum atomic E-state index is -3.19. The predicted molar refractivity (Wildman–Crippen MR) is 76.2 cm³/mol. The van der Waals surface area contributed by atoms with Gasteiger partial charge < -0.3 is 15.3 Å². The summed E-state index contributed by atoms with van der Waals surface area (Å²) in [5.74, 6) is -0.670. The van der Waals surface area contributed by atoms with Crippen molar-refractivity contribution in [3.05, 3.63) is 0 Å². The molecule has 7 nitrogen and oxygen atoms in total. The molecule has 2 heterocycles. The van der Waals surface area contributed by atoms with Crippen molar-refractivity contribution >= 4 is 21.7 Å². The van der Waals surface area contributed by atoms with Gasteiger partial charge in [0.05, 0.1) is 17.3 Å². The molecular formula is C13H22N2O5S. The summed E-state index contributed by atoms with van der Waals surface area (Å²) in [6.07, 6.45) is 1.93. The Labute approximate surface area is 124 Å². The lowest BCUT2D eigenvalue weighted by Crippen LogP contribution is -2.62. The number of sulfone groups is 1. The van der Waals surface area contributed by atoms with Crippen LogP contribution in [-0.2, 0) is 19.4 Å². The summed E-state index contributed by atoms with van der Waals surface area (Å²) in [5.41, 5.74) is -0.933. The maximum Gasteiger partial charge on any atom is 0.230 e. The van der Waals surface area contributed by atoms with Crippen LogP contribution >= 0.6 is 0 Å². The van der Waals surface area contributed by atoms with Crippen molar-refractivity contribution in [1.29, 1.82) is 0 Å². The Kier molecular flexibility index (Phi) is 4.57. The Morgan fingerprint density at radius 3 is 2.86 bits per heavy atom. The minimum absolute atomic E-state index is 0.0768. The first kappa shape index (κ1) is 16.2. The van der Waals surface area contributed by atoms with Crippen LogP contribution in [0, 0.1) is 5.41 Å². The maximum absolute atomic E-state index is 12.2. The number of rotatable bonds is 3. The second-order valence-corrected chi connectivity index (χ2v) is 8.27. The molecule has 0 saturated carbocycles. The molecule has 2 atom stereocenters. The molecule has 0 bridgehead atoms. The summed E-state index contributed by atoms with van der Waals surface area (Å²) >= 11 is 0. The summed E-state index contributed by atoms with van der Waals surface area (Å²) in [4.78, 5) is 25.8. The van der Waals surface area contributed by atoms with Crippen LogP contribution in [0.25, 0.3) is 0 Å². The largest absolute Gasteiger partial charge is 0.392 e. The fourth-order valence-corrected chi connectivity index (χ4v) is 3.63. The van der Waals surface area contributed by atoms with E-state index >= 15 is 0 Å². The average molecular weight is 318 g/mol. The van der Waals surface area contributed by atoms with Crippen molar-refractivity contribution in [2.75, 3.05) is 31.6 Å². The number of carbonyl (C=O) groups excluding carboxylic acids is 2. The molecule has 8 heteroatoms. The Balaban J connectivity index is 2.06. The zero-order valence-corrected chi connectivity index (χ0v) is 13.0. The fourth-order valence-electron chi connectivity index (χ4n) is 3.09.